The van der Waals surface area contributed by atoms with Gasteiger partial charge in [-0.15, -0.1) is 0 Å². The normalized spacial score (nSPS) is 11.2. The predicted molar refractivity (Wildman–Crippen MR) is 76.8 cm³/mol. The molecule has 4 nitrogen and oxygen atoms in total. The van der Waals surface area contributed by atoms with Crippen molar-refractivity contribution in [3.8, 4) is 0 Å². The monoisotopic (exact) mass is 296 g/mol. The van der Waals surface area contributed by atoms with Crippen LogP contribution in [-0.2, 0) is 16.4 Å². The Morgan fingerprint density at radius 1 is 1.16 bits per heavy atom. The van der Waals surface area contributed by atoms with Crippen LogP contribution in [0.4, 0.5) is 5.69 Å². The fraction of sp³-hybridized carbons (Fsp3) is 0.154. The molecule has 0 unspecified atom stereocenters. The summed E-state index contributed by atoms with van der Waals surface area (Å²) in [6.07, 6.45) is 1.92. The maximum atomic E-state index is 11.9. The van der Waals surface area contributed by atoms with Crippen molar-refractivity contribution in [1.29, 1.82) is 0 Å². The Bertz CT molecular complexity index is 645. The molecule has 0 bridgehead atoms. The van der Waals surface area contributed by atoms with Gasteiger partial charge >= 0.3 is 0 Å². The molecule has 0 atom stereocenters. The highest BCUT2D eigenvalue weighted by Crippen LogP contribution is 2.14. The summed E-state index contributed by atoms with van der Waals surface area (Å²) < 4.78 is 26.3. The first-order valence-electron chi connectivity index (χ1n) is 5.71. The first kappa shape index (κ1) is 13.8. The maximum Gasteiger partial charge on any atom is 0.233 e. The molecule has 19 heavy (non-hydrogen) atoms. The number of pyridine rings is 1. The topological polar surface area (TPSA) is 59.1 Å². The van der Waals surface area contributed by atoms with Gasteiger partial charge in [0.1, 0.15) is 5.15 Å². The van der Waals surface area contributed by atoms with Gasteiger partial charge in [-0.05, 0) is 24.1 Å². The molecule has 0 saturated carbocycles. The minimum absolute atomic E-state index is 0.0248. The summed E-state index contributed by atoms with van der Waals surface area (Å²) in [6.45, 7) is 0. The molecule has 2 aromatic rings. The molecule has 2 rings (SSSR count). The van der Waals surface area contributed by atoms with Gasteiger partial charge in [-0.25, -0.2) is 13.4 Å². The lowest BCUT2D eigenvalue weighted by Crippen LogP contribution is -2.18. The van der Waals surface area contributed by atoms with Crippen LogP contribution < -0.4 is 4.72 Å². The molecular weight excluding hydrogens is 284 g/mol. The molecule has 0 aliphatic heterocycles. The highest BCUT2D eigenvalue weighted by molar-refractivity contribution is 7.92. The molecule has 1 aromatic heterocycles. The van der Waals surface area contributed by atoms with E-state index in [4.69, 9.17) is 11.6 Å². The lowest BCUT2D eigenvalue weighted by Gasteiger charge is -2.08. The SMILES string of the molecule is O=S(=O)(CCc1ccccc1)Nc1ccnc(Cl)c1. The quantitative estimate of drug-likeness (QED) is 0.863. The third-order valence-electron chi connectivity index (χ3n) is 2.50. The number of aryl methyl sites for hydroxylation is 1. The van der Waals surface area contributed by atoms with Crippen LogP contribution in [0.15, 0.2) is 48.7 Å². The van der Waals surface area contributed by atoms with Crippen LogP contribution in [0.3, 0.4) is 0 Å². The Hall–Kier alpha value is -1.59. The average molecular weight is 297 g/mol. The summed E-state index contributed by atoms with van der Waals surface area (Å²) in [7, 11) is -3.39. The van der Waals surface area contributed by atoms with E-state index in [9.17, 15) is 8.42 Å². The number of nitrogens with zero attached hydrogens (tertiary/aromatic N) is 1. The Morgan fingerprint density at radius 2 is 1.89 bits per heavy atom. The molecule has 0 spiro atoms. The van der Waals surface area contributed by atoms with E-state index < -0.39 is 10.0 Å². The molecule has 0 amide bonds. The lowest BCUT2D eigenvalue weighted by atomic mass is 10.2. The van der Waals surface area contributed by atoms with Crippen molar-refractivity contribution < 1.29 is 8.42 Å². The van der Waals surface area contributed by atoms with Crippen molar-refractivity contribution in [3.05, 3.63) is 59.4 Å². The van der Waals surface area contributed by atoms with Gasteiger partial charge in [0.05, 0.1) is 11.4 Å². The number of sulfonamides is 1. The molecule has 0 aliphatic rings. The van der Waals surface area contributed by atoms with Crippen LogP contribution in [-0.4, -0.2) is 19.2 Å². The summed E-state index contributed by atoms with van der Waals surface area (Å²) in [6, 6.07) is 12.5. The Labute approximate surface area is 117 Å². The second kappa shape index (κ2) is 6.04. The summed E-state index contributed by atoms with van der Waals surface area (Å²) >= 11 is 5.70. The minimum atomic E-state index is -3.39. The predicted octanol–water partition coefficient (Wildman–Crippen LogP) is 2.72. The van der Waals surface area contributed by atoms with E-state index in [0.717, 1.165) is 5.56 Å². The Morgan fingerprint density at radius 3 is 2.58 bits per heavy atom. The van der Waals surface area contributed by atoms with Gasteiger partial charge < -0.3 is 0 Å². The Kier molecular flexibility index (Phi) is 4.39. The molecule has 0 saturated heterocycles. The van der Waals surface area contributed by atoms with Gasteiger partial charge in [-0.2, -0.15) is 0 Å². The summed E-state index contributed by atoms with van der Waals surface area (Å²) in [5.74, 6) is 0.0248. The molecule has 0 aliphatic carbocycles. The second-order valence-corrected chi connectivity index (χ2v) is 6.25. The van der Waals surface area contributed by atoms with Crippen LogP contribution in [0.2, 0.25) is 5.15 Å². The van der Waals surface area contributed by atoms with Crippen LogP contribution in [0, 0.1) is 0 Å². The molecular formula is C13H13ClN2O2S. The molecule has 1 heterocycles. The molecule has 1 N–H and O–H groups in total. The zero-order chi connectivity index (χ0) is 13.7. The summed E-state index contributed by atoms with van der Waals surface area (Å²) in [4.78, 5) is 3.79. The van der Waals surface area contributed by atoms with Crippen molar-refractivity contribution in [2.45, 2.75) is 6.42 Å². The number of hydrogen-bond donors (Lipinski definition) is 1. The van der Waals surface area contributed by atoms with Crippen molar-refractivity contribution in [3.63, 3.8) is 0 Å². The molecule has 0 fully saturated rings. The van der Waals surface area contributed by atoms with Crippen LogP contribution in [0.1, 0.15) is 5.56 Å². The number of rotatable bonds is 5. The molecule has 100 valence electrons. The van der Waals surface area contributed by atoms with Gasteiger partial charge in [-0.1, -0.05) is 41.9 Å². The lowest BCUT2D eigenvalue weighted by molar-refractivity contribution is 0.600. The van der Waals surface area contributed by atoms with E-state index in [0.29, 0.717) is 12.1 Å². The van der Waals surface area contributed by atoms with E-state index in [1.54, 1.807) is 6.07 Å². The van der Waals surface area contributed by atoms with Gasteiger partial charge in [0.2, 0.25) is 10.0 Å². The number of benzene rings is 1. The Balaban J connectivity index is 1.99. The summed E-state index contributed by atoms with van der Waals surface area (Å²) in [5, 5.41) is 0.253. The molecule has 1 aromatic carbocycles. The first-order valence-corrected chi connectivity index (χ1v) is 7.74. The third-order valence-corrected chi connectivity index (χ3v) is 4.00. The van der Waals surface area contributed by atoms with E-state index >= 15 is 0 Å². The van der Waals surface area contributed by atoms with E-state index in [-0.39, 0.29) is 10.9 Å². The van der Waals surface area contributed by atoms with Gasteiger partial charge in [0, 0.05) is 6.20 Å². The fourth-order valence-electron chi connectivity index (χ4n) is 1.59. The van der Waals surface area contributed by atoms with Gasteiger partial charge in [0.15, 0.2) is 0 Å². The van der Waals surface area contributed by atoms with Crippen LogP contribution >= 0.6 is 11.6 Å². The van der Waals surface area contributed by atoms with E-state index in [1.807, 2.05) is 30.3 Å². The number of nitrogens with one attached hydrogen (secondary N) is 1. The molecule has 6 heteroatoms. The van der Waals surface area contributed by atoms with Gasteiger partial charge in [-0.3, -0.25) is 4.72 Å². The van der Waals surface area contributed by atoms with E-state index in [2.05, 4.69) is 9.71 Å². The fourth-order valence-corrected chi connectivity index (χ4v) is 2.86. The van der Waals surface area contributed by atoms with Crippen LogP contribution in [0.25, 0.3) is 0 Å². The van der Waals surface area contributed by atoms with Crippen molar-refractivity contribution in [1.82, 2.24) is 4.98 Å². The highest BCUT2D eigenvalue weighted by atomic mass is 35.5. The standard InChI is InChI=1S/C13H13ClN2O2S/c14-13-10-12(6-8-15-13)16-19(17,18)9-7-11-4-2-1-3-5-11/h1-6,8,10H,7,9H2,(H,15,16). The zero-order valence-corrected chi connectivity index (χ0v) is 11.7. The average Bonchev–Trinajstić information content (AvgIpc) is 2.37. The first-order chi connectivity index (χ1) is 9.05. The van der Waals surface area contributed by atoms with Crippen molar-refractivity contribution >= 4 is 27.3 Å². The smallest absolute Gasteiger partial charge is 0.233 e. The number of anilines is 1. The zero-order valence-electron chi connectivity index (χ0n) is 10.1. The summed E-state index contributed by atoms with van der Waals surface area (Å²) in [5.41, 5.74) is 1.41. The molecule has 0 radical (unpaired) electrons. The van der Waals surface area contributed by atoms with Crippen LogP contribution in [0.5, 0.6) is 0 Å². The van der Waals surface area contributed by atoms with Gasteiger partial charge in [0.25, 0.3) is 0 Å². The third kappa shape index (κ3) is 4.54. The second-order valence-electron chi connectivity index (χ2n) is 4.02. The van der Waals surface area contributed by atoms with E-state index in [1.165, 1.54) is 12.3 Å². The minimum Gasteiger partial charge on any atom is -0.283 e. The maximum absolute atomic E-state index is 11.9. The number of halogens is 1. The number of hydrogen-bond acceptors (Lipinski definition) is 3. The largest absolute Gasteiger partial charge is 0.283 e. The highest BCUT2D eigenvalue weighted by Gasteiger charge is 2.10. The van der Waals surface area contributed by atoms with Crippen molar-refractivity contribution in [2.24, 2.45) is 0 Å². The number of aromatic nitrogens is 1. The van der Waals surface area contributed by atoms with Crippen molar-refractivity contribution in [2.75, 3.05) is 10.5 Å².